The number of rotatable bonds is 3. The van der Waals surface area contributed by atoms with Crippen LogP contribution in [0.25, 0.3) is 0 Å². The van der Waals surface area contributed by atoms with E-state index in [1.807, 2.05) is 6.20 Å². The Morgan fingerprint density at radius 3 is 2.94 bits per heavy atom. The zero-order valence-corrected chi connectivity index (χ0v) is 10.5. The van der Waals surface area contributed by atoms with Crippen LogP contribution in [0.3, 0.4) is 0 Å². The smallest absolute Gasteiger partial charge is 0.180 e. The van der Waals surface area contributed by atoms with E-state index < -0.39 is 0 Å². The molecular weight excluding hydrogens is 232 g/mol. The lowest BCUT2D eigenvalue weighted by Crippen LogP contribution is -2.05. The summed E-state index contributed by atoms with van der Waals surface area (Å²) in [6.07, 6.45) is 10.0. The van der Waals surface area contributed by atoms with Crippen molar-refractivity contribution in [3.8, 4) is 0 Å². The fraction of sp³-hybridized carbons (Fsp3) is 0.500. The summed E-state index contributed by atoms with van der Waals surface area (Å²) in [5.41, 5.74) is 6.73. The zero-order valence-electron chi connectivity index (χ0n) is 9.67. The minimum absolute atomic E-state index is 0.621. The normalized spacial score (nSPS) is 16.7. The standard InChI is InChI=1S/C12H16N4S/c13-12-14-8-11(17-12)7-9-5-6-16(15-9)10-3-1-2-4-10/h5-6,8,10H,1-4,7H2,(H2,13,14). The van der Waals surface area contributed by atoms with Crippen molar-refractivity contribution < 1.29 is 0 Å². The number of nitrogens with zero attached hydrogens (tertiary/aromatic N) is 3. The summed E-state index contributed by atoms with van der Waals surface area (Å²) in [5, 5.41) is 5.29. The van der Waals surface area contributed by atoms with Crippen molar-refractivity contribution in [1.82, 2.24) is 14.8 Å². The van der Waals surface area contributed by atoms with Crippen LogP contribution in [-0.4, -0.2) is 14.8 Å². The average Bonchev–Trinajstić information content (AvgIpc) is 3.00. The molecule has 2 aromatic heterocycles. The molecule has 2 heterocycles. The highest BCUT2D eigenvalue weighted by atomic mass is 32.1. The molecule has 17 heavy (non-hydrogen) atoms. The van der Waals surface area contributed by atoms with Gasteiger partial charge in [0.05, 0.1) is 11.7 Å². The van der Waals surface area contributed by atoms with Crippen LogP contribution >= 0.6 is 11.3 Å². The molecule has 1 aliphatic carbocycles. The SMILES string of the molecule is Nc1ncc(Cc2ccn(C3CCCC3)n2)s1. The van der Waals surface area contributed by atoms with Gasteiger partial charge in [-0.3, -0.25) is 4.68 Å². The van der Waals surface area contributed by atoms with Crippen LogP contribution in [0.1, 0.15) is 42.3 Å². The molecule has 3 rings (SSSR count). The number of thiazole rings is 1. The van der Waals surface area contributed by atoms with E-state index in [4.69, 9.17) is 5.73 Å². The van der Waals surface area contributed by atoms with Crippen LogP contribution in [0, 0.1) is 0 Å². The van der Waals surface area contributed by atoms with Crippen molar-refractivity contribution >= 4 is 16.5 Å². The Hall–Kier alpha value is -1.36. The fourth-order valence-corrected chi connectivity index (χ4v) is 3.13. The van der Waals surface area contributed by atoms with Crippen LogP contribution in [0.4, 0.5) is 5.13 Å². The van der Waals surface area contributed by atoms with Gasteiger partial charge in [0.2, 0.25) is 0 Å². The van der Waals surface area contributed by atoms with Crippen LogP contribution < -0.4 is 5.73 Å². The maximum atomic E-state index is 5.62. The van der Waals surface area contributed by atoms with Crippen LogP contribution in [0.2, 0.25) is 0 Å². The van der Waals surface area contributed by atoms with Crippen molar-refractivity contribution in [2.45, 2.75) is 38.1 Å². The Morgan fingerprint density at radius 1 is 1.41 bits per heavy atom. The molecule has 0 spiro atoms. The summed E-state index contributed by atoms with van der Waals surface area (Å²) < 4.78 is 2.13. The molecule has 0 amide bonds. The Kier molecular flexibility index (Phi) is 2.84. The summed E-state index contributed by atoms with van der Waals surface area (Å²) >= 11 is 1.54. The average molecular weight is 248 g/mol. The maximum absolute atomic E-state index is 5.62. The van der Waals surface area contributed by atoms with E-state index >= 15 is 0 Å². The summed E-state index contributed by atoms with van der Waals surface area (Å²) in [6, 6.07) is 2.73. The van der Waals surface area contributed by atoms with Gasteiger partial charge in [-0.1, -0.05) is 12.8 Å². The third-order valence-corrected chi connectivity index (χ3v) is 4.12. The van der Waals surface area contributed by atoms with Gasteiger partial charge in [-0.05, 0) is 18.9 Å². The molecule has 0 bridgehead atoms. The number of hydrogen-bond acceptors (Lipinski definition) is 4. The molecule has 0 atom stereocenters. The zero-order chi connectivity index (χ0) is 11.7. The lowest BCUT2D eigenvalue weighted by Gasteiger charge is -2.08. The summed E-state index contributed by atoms with van der Waals surface area (Å²) in [5.74, 6) is 0. The van der Waals surface area contributed by atoms with Crippen molar-refractivity contribution in [3.63, 3.8) is 0 Å². The molecule has 4 nitrogen and oxygen atoms in total. The highest BCUT2D eigenvalue weighted by Crippen LogP contribution is 2.29. The molecule has 0 aromatic carbocycles. The number of nitrogens with two attached hydrogens (primary N) is 1. The minimum Gasteiger partial charge on any atom is -0.375 e. The lowest BCUT2D eigenvalue weighted by atomic mass is 10.3. The van der Waals surface area contributed by atoms with Gasteiger partial charge >= 0.3 is 0 Å². The van der Waals surface area contributed by atoms with Gasteiger partial charge in [0, 0.05) is 23.7 Å². The Bertz CT molecular complexity index is 496. The number of nitrogen functional groups attached to an aromatic ring is 1. The first-order chi connectivity index (χ1) is 8.31. The molecule has 1 aliphatic rings. The quantitative estimate of drug-likeness (QED) is 0.908. The van der Waals surface area contributed by atoms with E-state index in [0.29, 0.717) is 11.2 Å². The molecule has 0 radical (unpaired) electrons. The third kappa shape index (κ3) is 2.34. The Labute approximate surface area is 104 Å². The van der Waals surface area contributed by atoms with Gasteiger partial charge < -0.3 is 5.73 Å². The summed E-state index contributed by atoms with van der Waals surface area (Å²) in [7, 11) is 0. The lowest BCUT2D eigenvalue weighted by molar-refractivity contribution is 0.464. The molecule has 0 unspecified atom stereocenters. The second-order valence-corrected chi connectivity index (χ2v) is 5.71. The predicted molar refractivity (Wildman–Crippen MR) is 69.1 cm³/mol. The van der Waals surface area contributed by atoms with Crippen molar-refractivity contribution in [2.75, 3.05) is 5.73 Å². The second kappa shape index (κ2) is 4.49. The van der Waals surface area contributed by atoms with Crippen molar-refractivity contribution in [3.05, 3.63) is 29.0 Å². The Balaban J connectivity index is 1.71. The van der Waals surface area contributed by atoms with Gasteiger partial charge in [-0.25, -0.2) is 4.98 Å². The van der Waals surface area contributed by atoms with Crippen LogP contribution in [0.15, 0.2) is 18.5 Å². The van der Waals surface area contributed by atoms with Crippen molar-refractivity contribution in [1.29, 1.82) is 0 Å². The summed E-state index contributed by atoms with van der Waals surface area (Å²) in [4.78, 5) is 5.24. The van der Waals surface area contributed by atoms with Gasteiger partial charge in [0.25, 0.3) is 0 Å². The monoisotopic (exact) mass is 248 g/mol. The van der Waals surface area contributed by atoms with Crippen LogP contribution in [-0.2, 0) is 6.42 Å². The minimum atomic E-state index is 0.621. The first kappa shape index (κ1) is 10.8. The number of aromatic nitrogens is 3. The van der Waals surface area contributed by atoms with Gasteiger partial charge in [-0.15, -0.1) is 11.3 Å². The van der Waals surface area contributed by atoms with Crippen LogP contribution in [0.5, 0.6) is 0 Å². The molecule has 1 fully saturated rings. The van der Waals surface area contributed by atoms with Crippen molar-refractivity contribution in [2.24, 2.45) is 0 Å². The number of anilines is 1. The van der Waals surface area contributed by atoms with Gasteiger partial charge in [-0.2, -0.15) is 5.10 Å². The molecule has 90 valence electrons. The van der Waals surface area contributed by atoms with E-state index in [1.54, 1.807) is 11.3 Å². The molecule has 2 aromatic rings. The first-order valence-corrected chi connectivity index (χ1v) is 6.87. The van der Waals surface area contributed by atoms with Gasteiger partial charge in [0.15, 0.2) is 5.13 Å². The molecule has 0 saturated heterocycles. The van der Waals surface area contributed by atoms with E-state index in [9.17, 15) is 0 Å². The summed E-state index contributed by atoms with van der Waals surface area (Å²) in [6.45, 7) is 0. The first-order valence-electron chi connectivity index (χ1n) is 6.05. The number of hydrogen-bond donors (Lipinski definition) is 1. The largest absolute Gasteiger partial charge is 0.375 e. The molecular formula is C12H16N4S. The van der Waals surface area contributed by atoms with E-state index in [0.717, 1.165) is 12.1 Å². The maximum Gasteiger partial charge on any atom is 0.180 e. The predicted octanol–water partition coefficient (Wildman–Crippen LogP) is 2.63. The highest BCUT2D eigenvalue weighted by Gasteiger charge is 2.17. The molecule has 5 heteroatoms. The second-order valence-electron chi connectivity index (χ2n) is 4.57. The van der Waals surface area contributed by atoms with E-state index in [1.165, 1.54) is 30.6 Å². The molecule has 2 N–H and O–H groups in total. The Morgan fingerprint density at radius 2 is 2.24 bits per heavy atom. The topological polar surface area (TPSA) is 56.7 Å². The molecule has 1 saturated carbocycles. The third-order valence-electron chi connectivity index (χ3n) is 3.29. The molecule has 0 aliphatic heterocycles. The van der Waals surface area contributed by atoms with E-state index in [-0.39, 0.29) is 0 Å². The fourth-order valence-electron chi connectivity index (χ4n) is 2.43. The van der Waals surface area contributed by atoms with Gasteiger partial charge in [0.1, 0.15) is 0 Å². The highest BCUT2D eigenvalue weighted by molar-refractivity contribution is 7.15. The van der Waals surface area contributed by atoms with E-state index in [2.05, 4.69) is 27.0 Å².